The SMILES string of the molecule is Fc1ccc(Br)cc1OCCCCCBr. The van der Waals surface area contributed by atoms with Gasteiger partial charge in [-0.25, -0.2) is 4.39 Å². The molecule has 0 amide bonds. The smallest absolute Gasteiger partial charge is 0.165 e. The zero-order valence-electron chi connectivity index (χ0n) is 8.31. The van der Waals surface area contributed by atoms with Crippen LogP contribution in [0.25, 0.3) is 0 Å². The van der Waals surface area contributed by atoms with E-state index in [0.717, 1.165) is 29.1 Å². The lowest BCUT2D eigenvalue weighted by Gasteiger charge is -2.07. The fraction of sp³-hybridized carbons (Fsp3) is 0.455. The summed E-state index contributed by atoms with van der Waals surface area (Å²) in [5, 5.41) is 1.01. The van der Waals surface area contributed by atoms with Crippen molar-refractivity contribution in [3.05, 3.63) is 28.5 Å². The summed E-state index contributed by atoms with van der Waals surface area (Å²) in [6, 6.07) is 4.71. The molecule has 0 aliphatic carbocycles. The second kappa shape index (κ2) is 7.23. The summed E-state index contributed by atoms with van der Waals surface area (Å²) >= 11 is 6.64. The lowest BCUT2D eigenvalue weighted by Crippen LogP contribution is -1.99. The van der Waals surface area contributed by atoms with Crippen molar-refractivity contribution in [3.63, 3.8) is 0 Å². The third-order valence-electron chi connectivity index (χ3n) is 1.93. The van der Waals surface area contributed by atoms with Crippen LogP contribution in [0.1, 0.15) is 19.3 Å². The third-order valence-corrected chi connectivity index (χ3v) is 2.98. The van der Waals surface area contributed by atoms with Gasteiger partial charge in [-0.1, -0.05) is 31.9 Å². The minimum Gasteiger partial charge on any atom is -0.490 e. The van der Waals surface area contributed by atoms with Crippen molar-refractivity contribution >= 4 is 31.9 Å². The number of halogens is 3. The lowest BCUT2D eigenvalue weighted by molar-refractivity contribution is 0.291. The molecule has 0 radical (unpaired) electrons. The van der Waals surface area contributed by atoms with E-state index in [0.29, 0.717) is 12.4 Å². The Labute approximate surface area is 106 Å². The molecule has 0 bridgehead atoms. The molecule has 1 nitrogen and oxygen atoms in total. The van der Waals surface area contributed by atoms with Crippen molar-refractivity contribution in [2.45, 2.75) is 19.3 Å². The first-order valence-electron chi connectivity index (χ1n) is 4.88. The van der Waals surface area contributed by atoms with E-state index in [9.17, 15) is 4.39 Å². The molecule has 0 aromatic heterocycles. The summed E-state index contributed by atoms with van der Waals surface area (Å²) in [6.45, 7) is 0.570. The van der Waals surface area contributed by atoms with Crippen molar-refractivity contribution in [1.29, 1.82) is 0 Å². The lowest BCUT2D eigenvalue weighted by atomic mass is 10.3. The monoisotopic (exact) mass is 338 g/mol. The summed E-state index contributed by atoms with van der Waals surface area (Å²) in [7, 11) is 0. The summed E-state index contributed by atoms with van der Waals surface area (Å²) < 4.78 is 19.4. The highest BCUT2D eigenvalue weighted by atomic mass is 79.9. The molecule has 4 heteroatoms. The normalized spacial score (nSPS) is 10.3. The maximum absolute atomic E-state index is 13.2. The molecule has 0 aliphatic heterocycles. The van der Waals surface area contributed by atoms with Gasteiger partial charge in [0.1, 0.15) is 0 Å². The standard InChI is InChI=1S/C11H13Br2FO/c12-6-2-1-3-7-15-11-8-9(13)4-5-10(11)14/h4-5,8H,1-3,6-7H2. The molecule has 0 N–H and O–H groups in total. The Kier molecular flexibility index (Phi) is 6.25. The van der Waals surface area contributed by atoms with Gasteiger partial charge < -0.3 is 4.74 Å². The predicted molar refractivity (Wildman–Crippen MR) is 67.2 cm³/mol. The topological polar surface area (TPSA) is 9.23 Å². The van der Waals surface area contributed by atoms with Gasteiger partial charge in [0.25, 0.3) is 0 Å². The van der Waals surface area contributed by atoms with E-state index < -0.39 is 0 Å². The van der Waals surface area contributed by atoms with Gasteiger partial charge in [0.05, 0.1) is 6.61 Å². The van der Waals surface area contributed by atoms with Gasteiger partial charge in [-0.15, -0.1) is 0 Å². The van der Waals surface area contributed by atoms with Crippen LogP contribution in [0.4, 0.5) is 4.39 Å². The molecule has 0 spiro atoms. The van der Waals surface area contributed by atoms with Gasteiger partial charge in [-0.2, -0.15) is 0 Å². The molecule has 15 heavy (non-hydrogen) atoms. The van der Waals surface area contributed by atoms with Crippen LogP contribution in [-0.4, -0.2) is 11.9 Å². The molecule has 1 aromatic carbocycles. The Bertz CT molecular complexity index is 305. The number of rotatable bonds is 6. The van der Waals surface area contributed by atoms with E-state index in [1.807, 2.05) is 0 Å². The zero-order valence-corrected chi connectivity index (χ0v) is 11.5. The fourth-order valence-corrected chi connectivity index (χ4v) is 1.88. The fourth-order valence-electron chi connectivity index (χ4n) is 1.14. The van der Waals surface area contributed by atoms with E-state index in [1.54, 1.807) is 12.1 Å². The Morgan fingerprint density at radius 1 is 1.20 bits per heavy atom. The summed E-state index contributed by atoms with van der Waals surface area (Å²) in [4.78, 5) is 0. The van der Waals surface area contributed by atoms with Gasteiger partial charge in [-0.3, -0.25) is 0 Å². The van der Waals surface area contributed by atoms with Gasteiger partial charge in [0.2, 0.25) is 0 Å². The largest absolute Gasteiger partial charge is 0.490 e. The van der Waals surface area contributed by atoms with E-state index in [2.05, 4.69) is 31.9 Å². The van der Waals surface area contributed by atoms with Crippen molar-refractivity contribution in [3.8, 4) is 5.75 Å². The van der Waals surface area contributed by atoms with Gasteiger partial charge >= 0.3 is 0 Å². The summed E-state index contributed by atoms with van der Waals surface area (Å²) in [5.74, 6) is 0.0157. The Morgan fingerprint density at radius 2 is 2.00 bits per heavy atom. The van der Waals surface area contributed by atoms with E-state index in [4.69, 9.17) is 4.74 Å². The Balaban J connectivity index is 2.33. The molecular weight excluding hydrogens is 327 g/mol. The van der Waals surface area contributed by atoms with Crippen molar-refractivity contribution < 1.29 is 9.13 Å². The molecule has 0 heterocycles. The van der Waals surface area contributed by atoms with Crippen molar-refractivity contribution in [1.82, 2.24) is 0 Å². The predicted octanol–water partition coefficient (Wildman–Crippen LogP) is 4.53. The van der Waals surface area contributed by atoms with E-state index >= 15 is 0 Å². The molecule has 1 rings (SSSR count). The van der Waals surface area contributed by atoms with E-state index in [1.165, 1.54) is 6.07 Å². The van der Waals surface area contributed by atoms with Crippen LogP contribution in [0.15, 0.2) is 22.7 Å². The molecule has 0 saturated heterocycles. The molecule has 84 valence electrons. The highest BCUT2D eigenvalue weighted by Gasteiger charge is 2.03. The molecule has 1 aromatic rings. The second-order valence-corrected chi connectivity index (χ2v) is 4.88. The van der Waals surface area contributed by atoms with Crippen LogP contribution in [0.2, 0.25) is 0 Å². The molecule has 0 fully saturated rings. The number of alkyl halides is 1. The van der Waals surface area contributed by atoms with E-state index in [-0.39, 0.29) is 5.82 Å². The van der Waals surface area contributed by atoms with Crippen LogP contribution >= 0.6 is 31.9 Å². The summed E-state index contributed by atoms with van der Waals surface area (Å²) in [5.41, 5.74) is 0. The zero-order chi connectivity index (χ0) is 11.1. The minimum atomic E-state index is -0.307. The van der Waals surface area contributed by atoms with Gasteiger partial charge in [0, 0.05) is 9.80 Å². The Hall–Kier alpha value is -0.0900. The average molecular weight is 340 g/mol. The van der Waals surface area contributed by atoms with Crippen LogP contribution in [0.3, 0.4) is 0 Å². The van der Waals surface area contributed by atoms with Crippen LogP contribution < -0.4 is 4.74 Å². The molecule has 0 saturated carbocycles. The van der Waals surface area contributed by atoms with Crippen LogP contribution in [0, 0.1) is 5.82 Å². The quantitative estimate of drug-likeness (QED) is 0.546. The molecule has 0 atom stereocenters. The highest BCUT2D eigenvalue weighted by Crippen LogP contribution is 2.22. The maximum Gasteiger partial charge on any atom is 0.165 e. The van der Waals surface area contributed by atoms with Crippen LogP contribution in [0.5, 0.6) is 5.75 Å². The first kappa shape index (κ1) is 13.0. The van der Waals surface area contributed by atoms with Crippen molar-refractivity contribution in [2.24, 2.45) is 0 Å². The first-order chi connectivity index (χ1) is 7.24. The second-order valence-electron chi connectivity index (χ2n) is 3.17. The Morgan fingerprint density at radius 3 is 2.73 bits per heavy atom. The first-order valence-corrected chi connectivity index (χ1v) is 6.79. The average Bonchev–Trinajstić information content (AvgIpc) is 2.23. The van der Waals surface area contributed by atoms with Gasteiger partial charge in [0.15, 0.2) is 11.6 Å². The molecular formula is C11H13Br2FO. The highest BCUT2D eigenvalue weighted by molar-refractivity contribution is 9.10. The third kappa shape index (κ3) is 4.98. The van der Waals surface area contributed by atoms with Crippen molar-refractivity contribution in [2.75, 3.05) is 11.9 Å². The number of ether oxygens (including phenoxy) is 1. The maximum atomic E-state index is 13.2. The number of hydrogen-bond acceptors (Lipinski definition) is 1. The molecule has 0 aliphatic rings. The molecule has 0 unspecified atom stereocenters. The van der Waals surface area contributed by atoms with Crippen LogP contribution in [-0.2, 0) is 0 Å². The number of hydrogen-bond donors (Lipinski definition) is 0. The number of unbranched alkanes of at least 4 members (excludes halogenated alkanes) is 2. The number of benzene rings is 1. The van der Waals surface area contributed by atoms with Gasteiger partial charge in [-0.05, 0) is 37.5 Å². The summed E-state index contributed by atoms with van der Waals surface area (Å²) in [6.07, 6.45) is 3.18. The minimum absolute atomic E-state index is 0.307.